The van der Waals surface area contributed by atoms with Gasteiger partial charge in [-0.2, -0.15) is 18.4 Å². The minimum Gasteiger partial charge on any atom is -0.192 e. The first kappa shape index (κ1) is 11.9. The Morgan fingerprint density at radius 1 is 1.40 bits per heavy atom. The first-order valence-corrected chi connectivity index (χ1v) is 4.60. The van der Waals surface area contributed by atoms with Crippen molar-refractivity contribution in [1.82, 2.24) is 0 Å². The van der Waals surface area contributed by atoms with Crippen LogP contribution in [0.2, 0.25) is 0 Å². The maximum Gasteiger partial charge on any atom is 0.416 e. The van der Waals surface area contributed by atoms with Crippen LogP contribution in [0, 0.1) is 18.3 Å². The molecule has 0 bridgehead atoms. The molecular weight excluding hydrogens is 227 g/mol. The number of halogens is 4. The van der Waals surface area contributed by atoms with Crippen molar-refractivity contribution >= 4 is 11.6 Å². The topological polar surface area (TPSA) is 23.8 Å². The number of rotatable bonds is 1. The normalized spacial score (nSPS) is 11.2. The smallest absolute Gasteiger partial charge is 0.192 e. The summed E-state index contributed by atoms with van der Waals surface area (Å²) in [5, 5.41) is 8.66. The average Bonchev–Trinajstić information content (AvgIpc) is 2.16. The van der Waals surface area contributed by atoms with E-state index in [1.165, 1.54) is 13.0 Å². The van der Waals surface area contributed by atoms with Gasteiger partial charge in [-0.05, 0) is 30.2 Å². The summed E-state index contributed by atoms with van der Waals surface area (Å²) in [6.45, 7) is 1.46. The van der Waals surface area contributed by atoms with Crippen LogP contribution in [-0.2, 0) is 12.1 Å². The summed E-state index contributed by atoms with van der Waals surface area (Å²) in [6, 6.07) is 3.96. The molecule has 0 unspecified atom stereocenters. The van der Waals surface area contributed by atoms with E-state index in [0.717, 1.165) is 6.07 Å². The maximum atomic E-state index is 12.5. The molecule has 5 heteroatoms. The molecular formula is C10H7ClF3N. The van der Waals surface area contributed by atoms with E-state index in [9.17, 15) is 13.2 Å². The van der Waals surface area contributed by atoms with Crippen LogP contribution in [0.25, 0.3) is 0 Å². The molecule has 1 rings (SSSR count). The Morgan fingerprint density at radius 2 is 2.00 bits per heavy atom. The minimum absolute atomic E-state index is 0.0636. The Hall–Kier alpha value is -1.21. The van der Waals surface area contributed by atoms with Crippen LogP contribution in [0.5, 0.6) is 0 Å². The lowest BCUT2D eigenvalue weighted by atomic mass is 10.0. The monoisotopic (exact) mass is 233 g/mol. The fourth-order valence-corrected chi connectivity index (χ4v) is 1.47. The molecule has 0 aliphatic heterocycles. The van der Waals surface area contributed by atoms with E-state index in [1.54, 1.807) is 0 Å². The van der Waals surface area contributed by atoms with Gasteiger partial charge >= 0.3 is 6.18 Å². The van der Waals surface area contributed by atoms with Gasteiger partial charge in [-0.3, -0.25) is 0 Å². The van der Waals surface area contributed by atoms with Crippen LogP contribution >= 0.6 is 11.6 Å². The molecule has 0 aromatic heterocycles. The quantitative estimate of drug-likeness (QED) is 0.680. The lowest BCUT2D eigenvalue weighted by Gasteiger charge is -2.12. The van der Waals surface area contributed by atoms with Gasteiger partial charge in [0.05, 0.1) is 17.2 Å². The first-order valence-electron chi connectivity index (χ1n) is 4.07. The number of hydrogen-bond donors (Lipinski definition) is 0. The van der Waals surface area contributed by atoms with Gasteiger partial charge in [0.25, 0.3) is 0 Å². The number of nitriles is 1. The van der Waals surface area contributed by atoms with Gasteiger partial charge in [0.2, 0.25) is 0 Å². The Bertz CT molecular complexity index is 418. The zero-order chi connectivity index (χ0) is 11.6. The summed E-state index contributed by atoms with van der Waals surface area (Å²) in [4.78, 5) is 0. The number of nitrogens with zero attached hydrogens (tertiary/aromatic N) is 1. The lowest BCUT2D eigenvalue weighted by Crippen LogP contribution is -2.09. The number of aryl methyl sites for hydroxylation is 1. The highest BCUT2D eigenvalue weighted by Crippen LogP contribution is 2.34. The van der Waals surface area contributed by atoms with Crippen molar-refractivity contribution in [3.63, 3.8) is 0 Å². The van der Waals surface area contributed by atoms with Crippen molar-refractivity contribution < 1.29 is 13.2 Å². The molecule has 0 saturated heterocycles. The zero-order valence-corrected chi connectivity index (χ0v) is 8.58. The minimum atomic E-state index is -4.43. The predicted molar refractivity (Wildman–Crippen MR) is 50.5 cm³/mol. The molecule has 80 valence electrons. The Balaban J connectivity index is 3.42. The van der Waals surface area contributed by atoms with Crippen molar-refractivity contribution in [3.8, 4) is 6.07 Å². The van der Waals surface area contributed by atoms with Crippen molar-refractivity contribution in [2.75, 3.05) is 0 Å². The van der Waals surface area contributed by atoms with E-state index in [4.69, 9.17) is 16.9 Å². The Morgan fingerprint density at radius 3 is 2.40 bits per heavy atom. The third-order valence-electron chi connectivity index (χ3n) is 2.02. The standard InChI is InChI=1S/C10H7ClF3N/c1-6-2-9(10(12,13)14)7(4-11)3-8(6)5-15/h2-3H,4H2,1H3. The van der Waals surface area contributed by atoms with E-state index in [-0.39, 0.29) is 17.0 Å². The molecule has 0 fully saturated rings. The first-order chi connectivity index (χ1) is 6.90. The zero-order valence-electron chi connectivity index (χ0n) is 7.82. The summed E-state index contributed by atoms with van der Waals surface area (Å²) < 4.78 is 37.5. The average molecular weight is 234 g/mol. The van der Waals surface area contributed by atoms with Crippen molar-refractivity contribution in [3.05, 3.63) is 34.4 Å². The van der Waals surface area contributed by atoms with Crippen LogP contribution in [-0.4, -0.2) is 0 Å². The summed E-state index contributed by atoms with van der Waals surface area (Å²) in [7, 11) is 0. The van der Waals surface area contributed by atoms with Gasteiger partial charge in [-0.1, -0.05) is 0 Å². The third kappa shape index (κ3) is 2.42. The number of alkyl halides is 4. The van der Waals surface area contributed by atoms with Gasteiger partial charge in [-0.15, -0.1) is 11.6 Å². The van der Waals surface area contributed by atoms with E-state index in [2.05, 4.69) is 0 Å². The predicted octanol–water partition coefficient (Wildman–Crippen LogP) is 3.62. The second kappa shape index (κ2) is 4.11. The Labute approximate surface area is 90.1 Å². The van der Waals surface area contributed by atoms with Gasteiger partial charge in [0.15, 0.2) is 0 Å². The van der Waals surface area contributed by atoms with Crippen molar-refractivity contribution in [2.45, 2.75) is 19.0 Å². The molecule has 1 nitrogen and oxygen atoms in total. The summed E-state index contributed by atoms with van der Waals surface area (Å²) in [6.07, 6.45) is -4.43. The lowest BCUT2D eigenvalue weighted by molar-refractivity contribution is -0.138. The second-order valence-electron chi connectivity index (χ2n) is 3.07. The summed E-state index contributed by atoms with van der Waals surface area (Å²) in [5.74, 6) is -0.260. The maximum absolute atomic E-state index is 12.5. The SMILES string of the molecule is Cc1cc(C(F)(F)F)c(CCl)cc1C#N. The number of hydrogen-bond acceptors (Lipinski definition) is 1. The fraction of sp³-hybridized carbons (Fsp3) is 0.300. The van der Waals surface area contributed by atoms with E-state index >= 15 is 0 Å². The molecule has 0 atom stereocenters. The fourth-order valence-electron chi connectivity index (χ4n) is 1.25. The highest BCUT2D eigenvalue weighted by molar-refractivity contribution is 6.17. The summed E-state index contributed by atoms with van der Waals surface area (Å²) >= 11 is 5.41. The third-order valence-corrected chi connectivity index (χ3v) is 2.31. The van der Waals surface area contributed by atoms with Gasteiger partial charge in [0.1, 0.15) is 0 Å². The van der Waals surface area contributed by atoms with Gasteiger partial charge < -0.3 is 0 Å². The van der Waals surface area contributed by atoms with Crippen LogP contribution in [0.15, 0.2) is 12.1 Å². The molecule has 15 heavy (non-hydrogen) atoms. The highest BCUT2D eigenvalue weighted by Gasteiger charge is 2.33. The molecule has 0 heterocycles. The molecule has 1 aromatic carbocycles. The largest absolute Gasteiger partial charge is 0.416 e. The Kier molecular flexibility index (Phi) is 3.25. The summed E-state index contributed by atoms with van der Waals surface area (Å²) in [5.41, 5.74) is -0.308. The molecule has 0 radical (unpaired) electrons. The molecule has 0 amide bonds. The van der Waals surface area contributed by atoms with Crippen molar-refractivity contribution in [2.24, 2.45) is 0 Å². The molecule has 0 aliphatic carbocycles. The van der Waals surface area contributed by atoms with Crippen LogP contribution < -0.4 is 0 Å². The number of benzene rings is 1. The van der Waals surface area contributed by atoms with Gasteiger partial charge in [0, 0.05) is 5.88 Å². The van der Waals surface area contributed by atoms with E-state index in [0.29, 0.717) is 5.56 Å². The van der Waals surface area contributed by atoms with Crippen LogP contribution in [0.4, 0.5) is 13.2 Å². The van der Waals surface area contributed by atoms with Gasteiger partial charge in [-0.25, -0.2) is 0 Å². The molecule has 0 N–H and O–H groups in total. The van der Waals surface area contributed by atoms with Crippen LogP contribution in [0.3, 0.4) is 0 Å². The van der Waals surface area contributed by atoms with E-state index in [1.807, 2.05) is 6.07 Å². The molecule has 0 saturated carbocycles. The van der Waals surface area contributed by atoms with E-state index < -0.39 is 11.7 Å². The molecule has 1 aromatic rings. The van der Waals surface area contributed by atoms with Crippen LogP contribution in [0.1, 0.15) is 22.3 Å². The molecule has 0 aliphatic rings. The highest BCUT2D eigenvalue weighted by atomic mass is 35.5. The van der Waals surface area contributed by atoms with Crippen molar-refractivity contribution in [1.29, 1.82) is 5.26 Å². The second-order valence-corrected chi connectivity index (χ2v) is 3.33. The molecule has 0 spiro atoms.